The molecule has 0 aromatic rings. The second-order valence-electron chi connectivity index (χ2n) is 7.28. The molecule has 0 radical (unpaired) electrons. The van der Waals surface area contributed by atoms with Gasteiger partial charge in [0.2, 0.25) is 0 Å². The van der Waals surface area contributed by atoms with Crippen LogP contribution in [0.15, 0.2) is 0 Å². The van der Waals surface area contributed by atoms with Crippen molar-refractivity contribution in [2.75, 3.05) is 19.6 Å². The molecule has 1 fully saturated rings. The minimum Gasteiger partial charge on any atom is -0.327 e. The average Bonchev–Trinajstić information content (AvgIpc) is 2.45. The van der Waals surface area contributed by atoms with Gasteiger partial charge in [-0.25, -0.2) is 0 Å². The van der Waals surface area contributed by atoms with E-state index in [2.05, 4.69) is 39.5 Å². The van der Waals surface area contributed by atoms with Gasteiger partial charge in [0.15, 0.2) is 0 Å². The van der Waals surface area contributed by atoms with E-state index in [-0.39, 0.29) is 0 Å². The van der Waals surface area contributed by atoms with Crippen LogP contribution in [0.5, 0.6) is 0 Å². The van der Waals surface area contributed by atoms with Crippen LogP contribution in [0.3, 0.4) is 0 Å². The van der Waals surface area contributed by atoms with E-state index in [4.69, 9.17) is 5.73 Å². The van der Waals surface area contributed by atoms with Gasteiger partial charge in [0.25, 0.3) is 0 Å². The van der Waals surface area contributed by atoms with Crippen molar-refractivity contribution in [2.45, 2.75) is 72.8 Å². The molecule has 0 amide bonds. The molecule has 1 saturated carbocycles. The molecule has 0 bridgehead atoms. The maximum absolute atomic E-state index is 6.41. The molecule has 3 atom stereocenters. The van der Waals surface area contributed by atoms with Gasteiger partial charge in [0.1, 0.15) is 0 Å². The molecule has 0 aromatic heterocycles. The lowest BCUT2D eigenvalue weighted by atomic mass is 9.73. The van der Waals surface area contributed by atoms with E-state index in [9.17, 15) is 0 Å². The molecule has 2 nitrogen and oxygen atoms in total. The van der Waals surface area contributed by atoms with Gasteiger partial charge in [-0.05, 0) is 49.5 Å². The maximum atomic E-state index is 6.41. The summed E-state index contributed by atoms with van der Waals surface area (Å²) in [4.78, 5) is 2.66. The van der Waals surface area contributed by atoms with Gasteiger partial charge in [0, 0.05) is 19.1 Å². The fraction of sp³-hybridized carbons (Fsp3) is 1.00. The molecule has 2 N–H and O–H groups in total. The number of nitrogens with two attached hydrogens (primary N) is 1. The lowest BCUT2D eigenvalue weighted by molar-refractivity contribution is 0.128. The van der Waals surface area contributed by atoms with Gasteiger partial charge in [0.05, 0.1) is 0 Å². The number of hydrogen-bond acceptors (Lipinski definition) is 2. The highest BCUT2D eigenvalue weighted by Gasteiger charge is 2.30. The van der Waals surface area contributed by atoms with Crippen LogP contribution in [-0.4, -0.2) is 30.6 Å². The minimum atomic E-state index is 0.431. The summed E-state index contributed by atoms with van der Waals surface area (Å²) in [5.74, 6) is 3.28. The standard InChI is InChI=1S/C18H38N2/c1-6-15(7-2)12-20(8-3)13-17-11-16(14(4)5)9-10-18(17)19/h14-18H,6-13,19H2,1-5H3. The van der Waals surface area contributed by atoms with E-state index in [0.717, 1.165) is 17.8 Å². The molecule has 0 saturated heterocycles. The first-order valence-electron chi connectivity index (χ1n) is 8.99. The minimum absolute atomic E-state index is 0.431. The molecular formula is C18H38N2. The molecule has 1 aliphatic carbocycles. The van der Waals surface area contributed by atoms with Crippen molar-refractivity contribution in [2.24, 2.45) is 29.4 Å². The van der Waals surface area contributed by atoms with Crippen LogP contribution in [0.4, 0.5) is 0 Å². The zero-order chi connectivity index (χ0) is 15.1. The Hall–Kier alpha value is -0.0800. The van der Waals surface area contributed by atoms with E-state index in [1.54, 1.807) is 0 Å². The Morgan fingerprint density at radius 2 is 1.75 bits per heavy atom. The molecule has 3 unspecified atom stereocenters. The normalized spacial score (nSPS) is 27.8. The lowest BCUT2D eigenvalue weighted by Crippen LogP contribution is -2.44. The van der Waals surface area contributed by atoms with Gasteiger partial charge in [-0.2, -0.15) is 0 Å². The first kappa shape index (κ1) is 18.0. The molecular weight excluding hydrogens is 244 g/mol. The third-order valence-corrected chi connectivity index (χ3v) is 5.64. The third-order valence-electron chi connectivity index (χ3n) is 5.64. The highest BCUT2D eigenvalue weighted by atomic mass is 15.1. The van der Waals surface area contributed by atoms with E-state index in [1.165, 1.54) is 51.7 Å². The Labute approximate surface area is 127 Å². The van der Waals surface area contributed by atoms with E-state index in [0.29, 0.717) is 12.0 Å². The second kappa shape index (κ2) is 9.04. The van der Waals surface area contributed by atoms with Crippen LogP contribution in [0.1, 0.15) is 66.7 Å². The van der Waals surface area contributed by atoms with Gasteiger partial charge >= 0.3 is 0 Å². The third kappa shape index (κ3) is 5.37. The molecule has 0 heterocycles. The van der Waals surface area contributed by atoms with Gasteiger partial charge in [-0.15, -0.1) is 0 Å². The molecule has 20 heavy (non-hydrogen) atoms. The van der Waals surface area contributed by atoms with Gasteiger partial charge < -0.3 is 10.6 Å². The summed E-state index contributed by atoms with van der Waals surface area (Å²) >= 11 is 0. The first-order valence-corrected chi connectivity index (χ1v) is 8.99. The van der Waals surface area contributed by atoms with Gasteiger partial charge in [-0.3, -0.25) is 0 Å². The number of rotatable bonds is 8. The van der Waals surface area contributed by atoms with Gasteiger partial charge in [-0.1, -0.05) is 47.5 Å². The van der Waals surface area contributed by atoms with Crippen LogP contribution in [0.2, 0.25) is 0 Å². The molecule has 1 rings (SSSR count). The second-order valence-corrected chi connectivity index (χ2v) is 7.28. The molecule has 1 aliphatic rings. The van der Waals surface area contributed by atoms with Crippen LogP contribution in [0.25, 0.3) is 0 Å². The zero-order valence-corrected chi connectivity index (χ0v) is 14.6. The number of hydrogen-bond donors (Lipinski definition) is 1. The molecule has 2 heteroatoms. The van der Waals surface area contributed by atoms with Crippen molar-refractivity contribution >= 4 is 0 Å². The Kier molecular flexibility index (Phi) is 8.13. The maximum Gasteiger partial charge on any atom is 0.00795 e. The molecule has 0 aliphatic heterocycles. The van der Waals surface area contributed by atoms with Crippen LogP contribution >= 0.6 is 0 Å². The van der Waals surface area contributed by atoms with Crippen LogP contribution in [-0.2, 0) is 0 Å². The fourth-order valence-corrected chi connectivity index (χ4v) is 3.72. The van der Waals surface area contributed by atoms with E-state index < -0.39 is 0 Å². The van der Waals surface area contributed by atoms with Crippen molar-refractivity contribution in [3.8, 4) is 0 Å². The SMILES string of the molecule is CCC(CC)CN(CC)CC1CC(C(C)C)CCC1N. The quantitative estimate of drug-likeness (QED) is 0.725. The topological polar surface area (TPSA) is 29.3 Å². The summed E-state index contributed by atoms with van der Waals surface area (Å²) in [6.07, 6.45) is 6.53. The van der Waals surface area contributed by atoms with Crippen molar-refractivity contribution in [3.63, 3.8) is 0 Å². The number of nitrogens with zero attached hydrogens (tertiary/aromatic N) is 1. The predicted octanol–water partition coefficient (Wildman–Crippen LogP) is 4.14. The zero-order valence-electron chi connectivity index (χ0n) is 14.6. The predicted molar refractivity (Wildman–Crippen MR) is 89.8 cm³/mol. The van der Waals surface area contributed by atoms with Crippen molar-refractivity contribution in [1.82, 2.24) is 4.90 Å². The molecule has 0 aromatic carbocycles. The largest absolute Gasteiger partial charge is 0.327 e. The monoisotopic (exact) mass is 282 g/mol. The summed E-state index contributed by atoms with van der Waals surface area (Å²) in [5, 5.41) is 0. The first-order chi connectivity index (χ1) is 9.51. The lowest BCUT2D eigenvalue weighted by Gasteiger charge is -2.39. The van der Waals surface area contributed by atoms with Crippen LogP contribution < -0.4 is 5.73 Å². The summed E-state index contributed by atoms with van der Waals surface area (Å²) in [5.41, 5.74) is 6.41. The summed E-state index contributed by atoms with van der Waals surface area (Å²) < 4.78 is 0. The fourth-order valence-electron chi connectivity index (χ4n) is 3.72. The Morgan fingerprint density at radius 1 is 1.10 bits per heavy atom. The highest BCUT2D eigenvalue weighted by Crippen LogP contribution is 2.33. The highest BCUT2D eigenvalue weighted by molar-refractivity contribution is 4.85. The summed E-state index contributed by atoms with van der Waals surface area (Å²) in [7, 11) is 0. The molecule has 120 valence electrons. The van der Waals surface area contributed by atoms with Crippen molar-refractivity contribution in [1.29, 1.82) is 0 Å². The molecule has 0 spiro atoms. The summed E-state index contributed by atoms with van der Waals surface area (Å²) in [6, 6.07) is 0.431. The Morgan fingerprint density at radius 3 is 2.25 bits per heavy atom. The van der Waals surface area contributed by atoms with E-state index >= 15 is 0 Å². The smallest absolute Gasteiger partial charge is 0.00795 e. The van der Waals surface area contributed by atoms with Crippen molar-refractivity contribution in [3.05, 3.63) is 0 Å². The Balaban J connectivity index is 2.53. The van der Waals surface area contributed by atoms with Crippen molar-refractivity contribution < 1.29 is 0 Å². The Bertz CT molecular complexity index is 248. The van der Waals surface area contributed by atoms with Crippen LogP contribution in [0, 0.1) is 23.7 Å². The summed E-state index contributed by atoms with van der Waals surface area (Å²) in [6.45, 7) is 15.4. The average molecular weight is 283 g/mol. The van der Waals surface area contributed by atoms with E-state index in [1.807, 2.05) is 0 Å².